The number of anilines is 1. The van der Waals surface area contributed by atoms with Crippen LogP contribution >= 0.6 is 11.6 Å². The number of ether oxygens (including phenoxy) is 2. The molecule has 4 amide bonds. The lowest BCUT2D eigenvalue weighted by atomic mass is 9.67. The molecule has 2 saturated heterocycles. The topological polar surface area (TPSA) is 91.4 Å². The number of carbonyl (C=O) groups is 3. The van der Waals surface area contributed by atoms with Crippen molar-refractivity contribution in [1.82, 2.24) is 15.1 Å². The van der Waals surface area contributed by atoms with Gasteiger partial charge in [0.1, 0.15) is 0 Å². The summed E-state index contributed by atoms with van der Waals surface area (Å²) in [6.45, 7) is 2.07. The van der Waals surface area contributed by atoms with Gasteiger partial charge < -0.3 is 19.3 Å². The van der Waals surface area contributed by atoms with E-state index in [0.717, 1.165) is 23.4 Å². The predicted molar refractivity (Wildman–Crippen MR) is 135 cm³/mol. The average molecular weight is 513 g/mol. The van der Waals surface area contributed by atoms with Crippen LogP contribution in [0.3, 0.4) is 0 Å². The lowest BCUT2D eigenvalue weighted by molar-refractivity contribution is -0.154. The Hall–Kier alpha value is -3.30. The smallest absolute Gasteiger partial charge is 0.330 e. The van der Waals surface area contributed by atoms with E-state index < -0.39 is 29.3 Å². The molecule has 1 N–H and O–H groups in total. The Morgan fingerprint density at radius 1 is 1.08 bits per heavy atom. The minimum Gasteiger partial charge on any atom is -0.493 e. The zero-order valence-electron chi connectivity index (χ0n) is 20.5. The first-order chi connectivity index (χ1) is 17.3. The first kappa shape index (κ1) is 24.4. The van der Waals surface area contributed by atoms with E-state index in [1.54, 1.807) is 26.4 Å². The van der Waals surface area contributed by atoms with Crippen LogP contribution in [0.4, 0.5) is 10.5 Å². The molecule has 9 nitrogen and oxygen atoms in total. The minimum atomic E-state index is -1.46. The van der Waals surface area contributed by atoms with Crippen LogP contribution in [0.1, 0.15) is 11.1 Å². The standard InChI is InChI=1S/C26H29ClN4O5/c1-29-11-12-30-19-6-4-5-18(27)17(19)14-26(22(30)15-29)23(32)28-25(34)31(24(26)33)10-9-16-7-8-20(35-2)21(13-16)36-3/h4-8,13,22H,9-12,14-15H2,1-3H3,(H,28,32,34)/t22-,26-/m1/s1. The fourth-order valence-corrected chi connectivity index (χ4v) is 5.89. The fourth-order valence-electron chi connectivity index (χ4n) is 5.65. The highest BCUT2D eigenvalue weighted by atomic mass is 35.5. The third kappa shape index (κ3) is 3.77. The summed E-state index contributed by atoms with van der Waals surface area (Å²) in [5.74, 6) is 0.121. The number of urea groups is 1. The largest absolute Gasteiger partial charge is 0.493 e. The van der Waals surface area contributed by atoms with Gasteiger partial charge in [0.05, 0.1) is 20.3 Å². The van der Waals surface area contributed by atoms with Crippen LogP contribution < -0.4 is 19.7 Å². The van der Waals surface area contributed by atoms with Crippen LogP contribution in [0.25, 0.3) is 0 Å². The number of nitrogens with one attached hydrogen (secondary N) is 1. The van der Waals surface area contributed by atoms with E-state index in [1.807, 2.05) is 31.3 Å². The number of halogens is 1. The summed E-state index contributed by atoms with van der Waals surface area (Å²) in [6.07, 6.45) is 0.539. The van der Waals surface area contributed by atoms with Gasteiger partial charge in [-0.25, -0.2) is 4.79 Å². The second kappa shape index (κ2) is 9.29. The molecule has 3 aliphatic heterocycles. The molecule has 1 spiro atoms. The van der Waals surface area contributed by atoms with E-state index in [4.69, 9.17) is 21.1 Å². The number of benzene rings is 2. The van der Waals surface area contributed by atoms with E-state index in [0.29, 0.717) is 36.0 Å². The molecule has 0 saturated carbocycles. The second-order valence-corrected chi connectivity index (χ2v) is 9.92. The van der Waals surface area contributed by atoms with Crippen molar-refractivity contribution in [3.63, 3.8) is 0 Å². The SMILES string of the molecule is COc1ccc(CCN2C(=O)NC(=O)[C@]3(Cc4c(Cl)cccc4N4CCN(C)C[C@@H]43)C2=O)cc1OC. The van der Waals surface area contributed by atoms with Gasteiger partial charge in [0.25, 0.3) is 0 Å². The van der Waals surface area contributed by atoms with E-state index in [-0.39, 0.29) is 13.0 Å². The molecule has 5 rings (SSSR count). The van der Waals surface area contributed by atoms with Gasteiger partial charge in [-0.15, -0.1) is 0 Å². The zero-order valence-corrected chi connectivity index (χ0v) is 21.3. The Bertz CT molecular complexity index is 1240. The van der Waals surface area contributed by atoms with Gasteiger partial charge in [-0.1, -0.05) is 23.7 Å². The van der Waals surface area contributed by atoms with Crippen molar-refractivity contribution in [2.24, 2.45) is 5.41 Å². The van der Waals surface area contributed by atoms with Crippen LogP contribution in [0.2, 0.25) is 5.02 Å². The lowest BCUT2D eigenvalue weighted by Gasteiger charge is -2.55. The maximum atomic E-state index is 14.2. The molecule has 10 heteroatoms. The minimum absolute atomic E-state index is 0.118. The summed E-state index contributed by atoms with van der Waals surface area (Å²) in [5, 5.41) is 3.00. The van der Waals surface area contributed by atoms with Crippen molar-refractivity contribution >= 4 is 35.1 Å². The summed E-state index contributed by atoms with van der Waals surface area (Å²) in [4.78, 5) is 46.0. The molecule has 3 heterocycles. The van der Waals surface area contributed by atoms with Gasteiger partial charge in [0.2, 0.25) is 11.8 Å². The Labute approximate surface area is 214 Å². The Balaban J connectivity index is 1.50. The summed E-state index contributed by atoms with van der Waals surface area (Å²) in [6, 6.07) is 9.99. The third-order valence-electron chi connectivity index (χ3n) is 7.58. The molecule has 36 heavy (non-hydrogen) atoms. The van der Waals surface area contributed by atoms with E-state index in [2.05, 4.69) is 15.1 Å². The quantitative estimate of drug-likeness (QED) is 0.615. The first-order valence-electron chi connectivity index (χ1n) is 11.9. The monoisotopic (exact) mass is 512 g/mol. The molecule has 0 radical (unpaired) electrons. The maximum absolute atomic E-state index is 14.2. The number of likely N-dealkylation sites (N-methyl/N-ethyl adjacent to an activating group) is 1. The molecule has 3 aliphatic rings. The number of carbonyl (C=O) groups excluding carboxylic acids is 3. The Morgan fingerprint density at radius 2 is 1.86 bits per heavy atom. The first-order valence-corrected chi connectivity index (χ1v) is 12.3. The molecule has 0 unspecified atom stereocenters. The zero-order chi connectivity index (χ0) is 25.6. The van der Waals surface area contributed by atoms with Gasteiger partial charge >= 0.3 is 6.03 Å². The summed E-state index contributed by atoms with van der Waals surface area (Å²) in [7, 11) is 5.09. The molecule has 0 aliphatic carbocycles. The molecule has 190 valence electrons. The van der Waals surface area contributed by atoms with Gasteiger partial charge in [-0.2, -0.15) is 0 Å². The van der Waals surface area contributed by atoms with Crippen molar-refractivity contribution in [2.75, 3.05) is 52.3 Å². The molecule has 2 atom stereocenters. The highest BCUT2D eigenvalue weighted by Gasteiger charge is 2.62. The van der Waals surface area contributed by atoms with E-state index >= 15 is 0 Å². The highest BCUT2D eigenvalue weighted by molar-refractivity contribution is 6.32. The number of barbiturate groups is 1. The molecule has 2 aromatic rings. The van der Waals surface area contributed by atoms with Crippen molar-refractivity contribution in [3.8, 4) is 11.5 Å². The summed E-state index contributed by atoms with van der Waals surface area (Å²) < 4.78 is 10.7. The summed E-state index contributed by atoms with van der Waals surface area (Å²) in [5.41, 5.74) is 1.12. The molecular weight excluding hydrogens is 484 g/mol. The number of nitrogens with zero attached hydrogens (tertiary/aromatic N) is 3. The number of methoxy groups -OCH3 is 2. The predicted octanol–water partition coefficient (Wildman–Crippen LogP) is 2.34. The van der Waals surface area contributed by atoms with Crippen LogP contribution in [0.15, 0.2) is 36.4 Å². The Morgan fingerprint density at radius 3 is 2.61 bits per heavy atom. The number of piperazine rings is 1. The molecule has 0 bridgehead atoms. The van der Waals surface area contributed by atoms with Crippen LogP contribution in [0.5, 0.6) is 11.5 Å². The van der Waals surface area contributed by atoms with Gasteiger partial charge in [0, 0.05) is 43.3 Å². The van der Waals surface area contributed by atoms with Gasteiger partial charge in [-0.3, -0.25) is 19.8 Å². The normalized spacial score (nSPS) is 23.9. The van der Waals surface area contributed by atoms with Crippen molar-refractivity contribution in [2.45, 2.75) is 18.9 Å². The maximum Gasteiger partial charge on any atom is 0.330 e. The number of imide groups is 2. The van der Waals surface area contributed by atoms with Crippen molar-refractivity contribution in [1.29, 1.82) is 0 Å². The second-order valence-electron chi connectivity index (χ2n) is 9.51. The van der Waals surface area contributed by atoms with Crippen LogP contribution in [-0.4, -0.2) is 81.1 Å². The van der Waals surface area contributed by atoms with E-state index in [1.165, 1.54) is 4.90 Å². The van der Waals surface area contributed by atoms with Crippen LogP contribution in [0, 0.1) is 5.41 Å². The van der Waals surface area contributed by atoms with E-state index in [9.17, 15) is 14.4 Å². The summed E-state index contributed by atoms with van der Waals surface area (Å²) >= 11 is 6.58. The van der Waals surface area contributed by atoms with Crippen LogP contribution in [-0.2, 0) is 22.4 Å². The average Bonchev–Trinajstić information content (AvgIpc) is 2.87. The number of hydrogen-bond donors (Lipinski definition) is 1. The fraction of sp³-hybridized carbons (Fsp3) is 0.423. The number of rotatable bonds is 5. The number of hydrogen-bond acceptors (Lipinski definition) is 7. The molecule has 2 fully saturated rings. The van der Waals surface area contributed by atoms with Gasteiger partial charge in [0.15, 0.2) is 16.9 Å². The third-order valence-corrected chi connectivity index (χ3v) is 7.94. The van der Waals surface area contributed by atoms with Gasteiger partial charge in [-0.05, 0) is 48.9 Å². The molecular formula is C26H29ClN4O5. The van der Waals surface area contributed by atoms with Crippen molar-refractivity contribution in [3.05, 3.63) is 52.5 Å². The number of fused-ring (bicyclic) bond motifs is 4. The Kier molecular flexibility index (Phi) is 6.30. The molecule has 2 aromatic carbocycles. The lowest BCUT2D eigenvalue weighted by Crippen LogP contribution is -2.75. The van der Waals surface area contributed by atoms with Crippen molar-refractivity contribution < 1.29 is 23.9 Å². The highest BCUT2D eigenvalue weighted by Crippen LogP contribution is 2.47. The number of amides is 4. The molecule has 0 aromatic heterocycles.